The van der Waals surface area contributed by atoms with Crippen molar-refractivity contribution >= 4 is 17.2 Å². The Labute approximate surface area is 118 Å². The molecular weight excluding hydrogens is 260 g/mol. The molecule has 3 rings (SSSR count). The van der Waals surface area contributed by atoms with Crippen molar-refractivity contribution in [2.75, 3.05) is 33.3 Å². The molecule has 1 amide bonds. The van der Waals surface area contributed by atoms with Gasteiger partial charge in [-0.3, -0.25) is 9.69 Å². The first kappa shape index (κ1) is 13.1. The second kappa shape index (κ2) is 5.23. The molecule has 0 spiro atoms. The Hall–Kier alpha value is -0.910. The van der Waals surface area contributed by atoms with E-state index >= 15 is 0 Å². The van der Waals surface area contributed by atoms with Crippen LogP contribution >= 0.6 is 11.3 Å². The van der Waals surface area contributed by atoms with Gasteiger partial charge in [0.1, 0.15) is 0 Å². The minimum Gasteiger partial charge on any atom is -0.375 e. The predicted octanol–water partition coefficient (Wildman–Crippen LogP) is 1.60. The summed E-state index contributed by atoms with van der Waals surface area (Å²) < 4.78 is 5.81. The van der Waals surface area contributed by atoms with E-state index in [-0.39, 0.29) is 5.91 Å². The molecule has 3 heterocycles. The van der Waals surface area contributed by atoms with Gasteiger partial charge in [0.05, 0.1) is 23.6 Å². The summed E-state index contributed by atoms with van der Waals surface area (Å²) in [5, 5.41) is 0. The van der Waals surface area contributed by atoms with Crippen molar-refractivity contribution in [2.24, 2.45) is 0 Å². The van der Waals surface area contributed by atoms with E-state index in [1.54, 1.807) is 11.3 Å². The Morgan fingerprint density at radius 1 is 1.42 bits per heavy atom. The molecular formula is C14H20N2O2S. The zero-order chi connectivity index (χ0) is 13.4. The van der Waals surface area contributed by atoms with E-state index in [9.17, 15) is 4.79 Å². The van der Waals surface area contributed by atoms with Crippen LogP contribution in [0.3, 0.4) is 0 Å². The Morgan fingerprint density at radius 2 is 2.26 bits per heavy atom. The van der Waals surface area contributed by atoms with Crippen molar-refractivity contribution in [3.05, 3.63) is 21.9 Å². The zero-order valence-corrected chi connectivity index (χ0v) is 12.3. The molecule has 104 valence electrons. The molecule has 0 saturated carbocycles. The Balaban J connectivity index is 1.71. The summed E-state index contributed by atoms with van der Waals surface area (Å²) in [7, 11) is 2.13. The van der Waals surface area contributed by atoms with E-state index in [0.29, 0.717) is 12.1 Å². The number of morpholine rings is 1. The van der Waals surface area contributed by atoms with E-state index in [2.05, 4.69) is 11.9 Å². The Kier molecular flexibility index (Phi) is 3.60. The van der Waals surface area contributed by atoms with Gasteiger partial charge in [-0.05, 0) is 32.5 Å². The molecule has 5 heteroatoms. The smallest absolute Gasteiger partial charge is 0.263 e. The van der Waals surface area contributed by atoms with Crippen LogP contribution in [-0.2, 0) is 4.74 Å². The summed E-state index contributed by atoms with van der Waals surface area (Å²) in [6, 6.07) is 4.31. The van der Waals surface area contributed by atoms with E-state index in [4.69, 9.17) is 4.74 Å². The third kappa shape index (κ3) is 2.55. The predicted molar refractivity (Wildman–Crippen MR) is 75.7 cm³/mol. The SMILES string of the molecule is Cc1ccc(C(=O)N2CC[C@H]3OCCN(C)[C@@H]3C2)s1. The first-order valence-corrected chi connectivity index (χ1v) is 7.64. The number of nitrogens with zero attached hydrogens (tertiary/aromatic N) is 2. The van der Waals surface area contributed by atoms with Gasteiger partial charge >= 0.3 is 0 Å². The van der Waals surface area contributed by atoms with Crippen molar-refractivity contribution in [1.29, 1.82) is 0 Å². The summed E-state index contributed by atoms with van der Waals surface area (Å²) in [4.78, 5) is 18.8. The quantitative estimate of drug-likeness (QED) is 0.783. The number of amides is 1. The second-order valence-electron chi connectivity index (χ2n) is 5.41. The maximum absolute atomic E-state index is 12.5. The normalized spacial score (nSPS) is 28.2. The van der Waals surface area contributed by atoms with E-state index < -0.39 is 0 Å². The lowest BCUT2D eigenvalue weighted by Crippen LogP contribution is -2.59. The summed E-state index contributed by atoms with van der Waals surface area (Å²) in [6.45, 7) is 5.41. The van der Waals surface area contributed by atoms with Crippen LogP contribution in [0.25, 0.3) is 0 Å². The van der Waals surface area contributed by atoms with Gasteiger partial charge in [-0.15, -0.1) is 11.3 Å². The number of likely N-dealkylation sites (tertiary alicyclic amines) is 1. The molecule has 1 aromatic rings. The third-order valence-electron chi connectivity index (χ3n) is 4.10. The van der Waals surface area contributed by atoms with Crippen LogP contribution < -0.4 is 0 Å². The monoisotopic (exact) mass is 280 g/mol. The molecule has 2 atom stereocenters. The molecule has 0 bridgehead atoms. The first-order valence-electron chi connectivity index (χ1n) is 6.82. The molecule has 0 N–H and O–H groups in total. The standard InChI is InChI=1S/C14H20N2O2S/c1-10-3-4-13(19-10)14(17)16-6-5-12-11(9-16)15(2)7-8-18-12/h3-4,11-12H,5-9H2,1-2H3/t11-,12-/m1/s1. The van der Waals surface area contributed by atoms with Crippen LogP contribution in [0, 0.1) is 6.92 Å². The molecule has 1 aromatic heterocycles. The lowest BCUT2D eigenvalue weighted by molar-refractivity contribution is -0.0893. The summed E-state index contributed by atoms with van der Waals surface area (Å²) >= 11 is 1.58. The first-order chi connectivity index (χ1) is 9.15. The fraction of sp³-hybridized carbons (Fsp3) is 0.643. The minimum atomic E-state index is 0.176. The van der Waals surface area contributed by atoms with Gasteiger partial charge in [-0.1, -0.05) is 0 Å². The number of rotatable bonds is 1. The van der Waals surface area contributed by atoms with E-state index in [1.807, 2.05) is 24.0 Å². The number of carbonyl (C=O) groups is 1. The van der Waals surface area contributed by atoms with Crippen LogP contribution in [0.15, 0.2) is 12.1 Å². The van der Waals surface area contributed by atoms with Crippen LogP contribution in [0.4, 0.5) is 0 Å². The van der Waals surface area contributed by atoms with Gasteiger partial charge in [0.2, 0.25) is 0 Å². The lowest BCUT2D eigenvalue weighted by Gasteiger charge is -2.45. The third-order valence-corrected chi connectivity index (χ3v) is 5.09. The van der Waals surface area contributed by atoms with Gasteiger partial charge in [0.15, 0.2) is 0 Å². The number of hydrogen-bond donors (Lipinski definition) is 0. The van der Waals surface area contributed by atoms with Crippen molar-refractivity contribution in [3.63, 3.8) is 0 Å². The number of likely N-dealkylation sites (N-methyl/N-ethyl adjacent to an activating group) is 1. The minimum absolute atomic E-state index is 0.176. The number of ether oxygens (including phenoxy) is 1. The van der Waals surface area contributed by atoms with Crippen molar-refractivity contribution in [3.8, 4) is 0 Å². The van der Waals surface area contributed by atoms with Gasteiger partial charge in [0.25, 0.3) is 5.91 Å². The highest BCUT2D eigenvalue weighted by atomic mass is 32.1. The van der Waals surface area contributed by atoms with E-state index in [1.165, 1.54) is 4.88 Å². The van der Waals surface area contributed by atoms with Crippen LogP contribution in [-0.4, -0.2) is 61.1 Å². The maximum atomic E-state index is 12.5. The molecule has 0 aliphatic carbocycles. The van der Waals surface area contributed by atoms with Gasteiger partial charge in [-0.25, -0.2) is 0 Å². The largest absolute Gasteiger partial charge is 0.375 e. The lowest BCUT2D eigenvalue weighted by atomic mass is 9.99. The average molecular weight is 280 g/mol. The molecule has 2 aliphatic heterocycles. The highest BCUT2D eigenvalue weighted by molar-refractivity contribution is 7.13. The molecule has 0 radical (unpaired) electrons. The van der Waals surface area contributed by atoms with Crippen LogP contribution in [0.5, 0.6) is 0 Å². The number of piperidine rings is 1. The molecule has 0 aromatic carbocycles. The van der Waals surface area contributed by atoms with Crippen molar-refractivity contribution in [2.45, 2.75) is 25.5 Å². The Bertz CT molecular complexity index is 474. The number of thiophene rings is 1. The van der Waals surface area contributed by atoms with Gasteiger partial charge < -0.3 is 9.64 Å². The molecule has 2 fully saturated rings. The average Bonchev–Trinajstić information content (AvgIpc) is 2.85. The molecule has 4 nitrogen and oxygen atoms in total. The number of fused-ring (bicyclic) bond motifs is 1. The van der Waals surface area contributed by atoms with Gasteiger partial charge in [-0.2, -0.15) is 0 Å². The van der Waals surface area contributed by atoms with Crippen molar-refractivity contribution < 1.29 is 9.53 Å². The van der Waals surface area contributed by atoms with Gasteiger partial charge in [0, 0.05) is 24.5 Å². The molecule has 2 saturated heterocycles. The fourth-order valence-corrected chi connectivity index (χ4v) is 3.77. The van der Waals surface area contributed by atoms with Crippen LogP contribution in [0.1, 0.15) is 21.0 Å². The fourth-order valence-electron chi connectivity index (χ4n) is 2.93. The summed E-state index contributed by atoms with van der Waals surface area (Å²) in [5.41, 5.74) is 0. The second-order valence-corrected chi connectivity index (χ2v) is 6.70. The molecule has 2 aliphatic rings. The maximum Gasteiger partial charge on any atom is 0.263 e. The Morgan fingerprint density at radius 3 is 3.00 bits per heavy atom. The highest BCUT2D eigenvalue weighted by Crippen LogP contribution is 2.24. The van der Waals surface area contributed by atoms with Crippen molar-refractivity contribution in [1.82, 2.24) is 9.80 Å². The zero-order valence-electron chi connectivity index (χ0n) is 11.5. The molecule has 19 heavy (non-hydrogen) atoms. The van der Waals surface area contributed by atoms with Crippen LogP contribution in [0.2, 0.25) is 0 Å². The number of carbonyl (C=O) groups excluding carboxylic acids is 1. The highest BCUT2D eigenvalue weighted by Gasteiger charge is 2.37. The number of aryl methyl sites for hydroxylation is 1. The summed E-state index contributed by atoms with van der Waals surface area (Å²) in [5.74, 6) is 0.176. The summed E-state index contributed by atoms with van der Waals surface area (Å²) in [6.07, 6.45) is 1.25. The topological polar surface area (TPSA) is 32.8 Å². The number of hydrogen-bond acceptors (Lipinski definition) is 4. The molecule has 0 unspecified atom stereocenters. The van der Waals surface area contributed by atoms with E-state index in [0.717, 1.165) is 37.5 Å².